The predicted octanol–water partition coefficient (Wildman–Crippen LogP) is 0.719. The van der Waals surface area contributed by atoms with E-state index in [9.17, 15) is 9.90 Å². The number of carbonyl (C=O) groups is 1. The summed E-state index contributed by atoms with van der Waals surface area (Å²) in [5.74, 6) is 0. The number of ether oxygens (including phenoxy) is 1. The molecule has 1 aliphatic heterocycles. The van der Waals surface area contributed by atoms with Gasteiger partial charge < -0.3 is 20.5 Å². The number of nitrogens with two attached hydrogens (primary N) is 1. The molecule has 2 rings (SSSR count). The molecule has 1 heterocycles. The smallest absolute Gasteiger partial charge is 0.410 e. The molecule has 1 amide bonds. The summed E-state index contributed by atoms with van der Waals surface area (Å²) in [5, 5.41) is 9.93. The van der Waals surface area contributed by atoms with Gasteiger partial charge in [-0.2, -0.15) is 0 Å². The molecule has 3 N–H and O–H groups in total. The monoisotopic (exact) mass is 250 g/mol. The van der Waals surface area contributed by atoms with Crippen LogP contribution < -0.4 is 5.73 Å². The van der Waals surface area contributed by atoms with Crippen LogP contribution in [0.2, 0.25) is 0 Å². The Morgan fingerprint density at radius 1 is 1.44 bits per heavy atom. The fourth-order valence-corrected chi connectivity index (χ4v) is 1.99. The normalized spacial score (nSPS) is 23.1. The van der Waals surface area contributed by atoms with Crippen LogP contribution in [0.15, 0.2) is 30.3 Å². The molecule has 0 spiro atoms. The Labute approximate surface area is 106 Å². The van der Waals surface area contributed by atoms with E-state index in [1.807, 2.05) is 30.3 Å². The number of nitrogens with zero attached hydrogens (tertiary/aromatic N) is 1. The molecule has 98 valence electrons. The minimum absolute atomic E-state index is 0.162. The quantitative estimate of drug-likeness (QED) is 0.828. The van der Waals surface area contributed by atoms with Crippen molar-refractivity contribution < 1.29 is 14.6 Å². The van der Waals surface area contributed by atoms with Crippen molar-refractivity contribution >= 4 is 6.09 Å². The molecule has 0 aliphatic carbocycles. The van der Waals surface area contributed by atoms with Crippen molar-refractivity contribution in [3.8, 4) is 0 Å². The molecule has 5 nitrogen and oxygen atoms in total. The highest BCUT2D eigenvalue weighted by Crippen LogP contribution is 2.20. The second kappa shape index (κ2) is 5.37. The lowest BCUT2D eigenvalue weighted by Crippen LogP contribution is -2.41. The largest absolute Gasteiger partial charge is 0.445 e. The number of benzene rings is 1. The van der Waals surface area contributed by atoms with E-state index in [0.717, 1.165) is 5.56 Å². The molecule has 1 fully saturated rings. The Hall–Kier alpha value is -1.59. The zero-order valence-electron chi connectivity index (χ0n) is 10.2. The molecule has 0 aromatic heterocycles. The Kier molecular flexibility index (Phi) is 3.84. The van der Waals surface area contributed by atoms with Gasteiger partial charge in [0.05, 0.1) is 12.1 Å². The van der Waals surface area contributed by atoms with E-state index in [1.165, 1.54) is 4.90 Å². The zero-order valence-corrected chi connectivity index (χ0v) is 10.2. The van der Waals surface area contributed by atoms with Crippen molar-refractivity contribution in [3.05, 3.63) is 35.9 Å². The number of hydrogen-bond donors (Lipinski definition) is 2. The number of likely N-dealkylation sites (tertiary alicyclic amines) is 1. The van der Waals surface area contributed by atoms with E-state index in [-0.39, 0.29) is 19.7 Å². The number of hydrogen-bond acceptors (Lipinski definition) is 4. The van der Waals surface area contributed by atoms with Gasteiger partial charge in [-0.05, 0) is 12.0 Å². The van der Waals surface area contributed by atoms with Gasteiger partial charge in [-0.25, -0.2) is 4.79 Å². The van der Waals surface area contributed by atoms with Gasteiger partial charge in [0.15, 0.2) is 0 Å². The highest BCUT2D eigenvalue weighted by molar-refractivity contribution is 5.68. The standard InChI is InChI=1S/C13H18N2O3/c14-9-13(17)6-7-15(10-13)12(16)18-8-11-4-2-1-3-5-11/h1-5,17H,6-10,14H2/t13-/m1/s1. The molecule has 0 saturated carbocycles. The third-order valence-corrected chi connectivity index (χ3v) is 3.18. The summed E-state index contributed by atoms with van der Waals surface area (Å²) in [6.07, 6.45) is 0.104. The number of amides is 1. The van der Waals surface area contributed by atoms with Crippen LogP contribution in [0.4, 0.5) is 4.79 Å². The van der Waals surface area contributed by atoms with E-state index >= 15 is 0 Å². The third kappa shape index (κ3) is 3.00. The van der Waals surface area contributed by atoms with Gasteiger partial charge in [0, 0.05) is 13.1 Å². The number of aliphatic hydroxyl groups is 1. The molecule has 0 radical (unpaired) electrons. The average Bonchev–Trinajstić information content (AvgIpc) is 2.81. The summed E-state index contributed by atoms with van der Waals surface area (Å²) in [5.41, 5.74) is 5.46. The van der Waals surface area contributed by atoms with E-state index in [0.29, 0.717) is 13.0 Å². The molecule has 1 aliphatic rings. The first kappa shape index (κ1) is 12.9. The van der Waals surface area contributed by atoms with Gasteiger partial charge in [0.2, 0.25) is 0 Å². The van der Waals surface area contributed by atoms with Crippen molar-refractivity contribution in [2.75, 3.05) is 19.6 Å². The second-order valence-corrected chi connectivity index (χ2v) is 4.64. The summed E-state index contributed by atoms with van der Waals surface area (Å²) >= 11 is 0. The molecule has 1 saturated heterocycles. The highest BCUT2D eigenvalue weighted by Gasteiger charge is 2.37. The molecule has 18 heavy (non-hydrogen) atoms. The molecule has 1 atom stereocenters. The van der Waals surface area contributed by atoms with Crippen molar-refractivity contribution in [2.45, 2.75) is 18.6 Å². The Bertz CT molecular complexity index is 410. The third-order valence-electron chi connectivity index (χ3n) is 3.18. The van der Waals surface area contributed by atoms with Crippen LogP contribution in [0.25, 0.3) is 0 Å². The van der Waals surface area contributed by atoms with Crippen LogP contribution in [0, 0.1) is 0 Å². The van der Waals surface area contributed by atoms with Gasteiger partial charge in [-0.1, -0.05) is 30.3 Å². The maximum absolute atomic E-state index is 11.8. The van der Waals surface area contributed by atoms with Gasteiger partial charge in [-0.3, -0.25) is 0 Å². The van der Waals surface area contributed by atoms with Crippen molar-refractivity contribution in [3.63, 3.8) is 0 Å². The average molecular weight is 250 g/mol. The van der Waals surface area contributed by atoms with Crippen molar-refractivity contribution in [1.29, 1.82) is 0 Å². The molecule has 1 aromatic carbocycles. The lowest BCUT2D eigenvalue weighted by Gasteiger charge is -2.21. The number of rotatable bonds is 3. The van der Waals surface area contributed by atoms with Crippen LogP contribution in [0.1, 0.15) is 12.0 Å². The van der Waals surface area contributed by atoms with Gasteiger partial charge in [0.1, 0.15) is 6.61 Å². The van der Waals surface area contributed by atoms with Crippen LogP contribution in [-0.4, -0.2) is 41.3 Å². The van der Waals surface area contributed by atoms with E-state index < -0.39 is 11.7 Å². The van der Waals surface area contributed by atoms with Crippen LogP contribution in [0.3, 0.4) is 0 Å². The lowest BCUT2D eigenvalue weighted by atomic mass is 10.0. The van der Waals surface area contributed by atoms with E-state index in [1.54, 1.807) is 0 Å². The molecule has 1 aromatic rings. The number of β-amino-alcohol motifs (C(OH)–C–C–N with tert-alkyl or cyclic N) is 1. The summed E-state index contributed by atoms with van der Waals surface area (Å²) in [6.45, 7) is 1.14. The minimum Gasteiger partial charge on any atom is -0.445 e. The molecular formula is C13H18N2O3. The zero-order chi connectivity index (χ0) is 13.0. The Morgan fingerprint density at radius 2 is 2.17 bits per heavy atom. The lowest BCUT2D eigenvalue weighted by molar-refractivity contribution is 0.0508. The van der Waals surface area contributed by atoms with Crippen molar-refractivity contribution in [2.24, 2.45) is 5.73 Å². The molecular weight excluding hydrogens is 232 g/mol. The first-order chi connectivity index (χ1) is 8.63. The van der Waals surface area contributed by atoms with Gasteiger partial charge >= 0.3 is 6.09 Å². The van der Waals surface area contributed by atoms with Crippen LogP contribution in [0.5, 0.6) is 0 Å². The Morgan fingerprint density at radius 3 is 2.78 bits per heavy atom. The maximum atomic E-state index is 11.8. The summed E-state index contributed by atoms with van der Waals surface area (Å²) in [7, 11) is 0. The fourth-order valence-electron chi connectivity index (χ4n) is 1.99. The van der Waals surface area contributed by atoms with E-state index in [2.05, 4.69) is 0 Å². The topological polar surface area (TPSA) is 75.8 Å². The minimum atomic E-state index is -0.953. The van der Waals surface area contributed by atoms with E-state index in [4.69, 9.17) is 10.5 Å². The predicted molar refractivity (Wildman–Crippen MR) is 66.8 cm³/mol. The Balaban J connectivity index is 1.83. The van der Waals surface area contributed by atoms with Crippen LogP contribution >= 0.6 is 0 Å². The van der Waals surface area contributed by atoms with Gasteiger partial charge in [-0.15, -0.1) is 0 Å². The molecule has 0 unspecified atom stereocenters. The SMILES string of the molecule is NC[C@]1(O)CCN(C(=O)OCc2ccccc2)C1. The summed E-state index contributed by atoms with van der Waals surface area (Å²) < 4.78 is 5.18. The first-order valence-electron chi connectivity index (χ1n) is 6.01. The van der Waals surface area contributed by atoms with Crippen molar-refractivity contribution in [1.82, 2.24) is 4.90 Å². The second-order valence-electron chi connectivity index (χ2n) is 4.64. The number of carbonyl (C=O) groups excluding carboxylic acids is 1. The van der Waals surface area contributed by atoms with Gasteiger partial charge in [0.25, 0.3) is 0 Å². The summed E-state index contributed by atoms with van der Waals surface area (Å²) in [6, 6.07) is 9.49. The van der Waals surface area contributed by atoms with Crippen LogP contribution in [-0.2, 0) is 11.3 Å². The summed E-state index contributed by atoms with van der Waals surface area (Å²) in [4.78, 5) is 13.3. The highest BCUT2D eigenvalue weighted by atomic mass is 16.6. The molecule has 5 heteroatoms. The maximum Gasteiger partial charge on any atom is 0.410 e. The fraction of sp³-hybridized carbons (Fsp3) is 0.462. The molecule has 0 bridgehead atoms. The first-order valence-corrected chi connectivity index (χ1v) is 6.01.